The first-order valence-corrected chi connectivity index (χ1v) is 11.8. The molecule has 1 heterocycles. The van der Waals surface area contributed by atoms with Crippen LogP contribution in [-0.2, 0) is 14.8 Å². The van der Waals surface area contributed by atoms with Crippen molar-refractivity contribution in [1.82, 2.24) is 4.72 Å². The summed E-state index contributed by atoms with van der Waals surface area (Å²) in [6.45, 7) is 1.46. The van der Waals surface area contributed by atoms with E-state index in [0.29, 0.717) is 29.0 Å². The molecule has 152 valence electrons. The molecular weight excluding hydrogens is 410 g/mol. The highest BCUT2D eigenvalue weighted by atomic mass is 32.2. The zero-order chi connectivity index (χ0) is 21.0. The number of Topliss-reactive ketones (excluding diaryl/α,β-unsaturated/α-hetero) is 1. The van der Waals surface area contributed by atoms with Crippen LogP contribution < -0.4 is 10.0 Å². The van der Waals surface area contributed by atoms with E-state index in [1.54, 1.807) is 54.2 Å². The van der Waals surface area contributed by atoms with Crippen molar-refractivity contribution in [3.63, 3.8) is 0 Å². The van der Waals surface area contributed by atoms with Gasteiger partial charge in [0.25, 0.3) is 10.0 Å². The van der Waals surface area contributed by atoms with E-state index in [4.69, 9.17) is 0 Å². The quantitative estimate of drug-likeness (QED) is 0.656. The van der Waals surface area contributed by atoms with Crippen molar-refractivity contribution in [1.29, 1.82) is 0 Å². The Hall–Kier alpha value is -2.65. The SMILES string of the molecule is CSCCC(N=C1NS(=O)(=O)c2ccccc21)C(=O)Nc1cccc(C(C)=O)c1. The third-order valence-corrected chi connectivity index (χ3v) is 6.42. The second-order valence-corrected chi connectivity index (χ2v) is 9.14. The lowest BCUT2D eigenvalue weighted by molar-refractivity contribution is -0.117. The van der Waals surface area contributed by atoms with Gasteiger partial charge in [0.15, 0.2) is 5.78 Å². The first-order valence-electron chi connectivity index (χ1n) is 8.92. The monoisotopic (exact) mass is 431 g/mol. The Morgan fingerprint density at radius 1 is 1.17 bits per heavy atom. The Kier molecular flexibility index (Phi) is 6.39. The van der Waals surface area contributed by atoms with Crippen molar-refractivity contribution in [3.05, 3.63) is 59.7 Å². The van der Waals surface area contributed by atoms with Crippen molar-refractivity contribution >= 4 is 45.0 Å². The highest BCUT2D eigenvalue weighted by Crippen LogP contribution is 2.23. The molecule has 7 nitrogen and oxygen atoms in total. The van der Waals surface area contributed by atoms with Crippen LogP contribution in [0.15, 0.2) is 58.4 Å². The third-order valence-electron chi connectivity index (χ3n) is 4.38. The Morgan fingerprint density at radius 2 is 1.93 bits per heavy atom. The molecule has 1 atom stereocenters. The minimum absolute atomic E-state index is 0.0998. The summed E-state index contributed by atoms with van der Waals surface area (Å²) in [5.74, 6) is 0.379. The fourth-order valence-electron chi connectivity index (χ4n) is 2.91. The maximum Gasteiger partial charge on any atom is 0.263 e. The minimum Gasteiger partial charge on any atom is -0.324 e. The van der Waals surface area contributed by atoms with Gasteiger partial charge in [-0.1, -0.05) is 24.3 Å². The second-order valence-electron chi connectivity index (χ2n) is 6.50. The van der Waals surface area contributed by atoms with Gasteiger partial charge in [-0.05, 0) is 49.6 Å². The lowest BCUT2D eigenvalue weighted by Gasteiger charge is -2.14. The number of benzene rings is 2. The van der Waals surface area contributed by atoms with Crippen molar-refractivity contribution in [2.45, 2.75) is 24.3 Å². The first kappa shape index (κ1) is 21.1. The summed E-state index contributed by atoms with van der Waals surface area (Å²) >= 11 is 1.57. The summed E-state index contributed by atoms with van der Waals surface area (Å²) in [5.41, 5.74) is 1.43. The molecule has 2 aromatic carbocycles. The van der Waals surface area contributed by atoms with Crippen molar-refractivity contribution in [3.8, 4) is 0 Å². The number of carbonyl (C=O) groups is 2. The first-order chi connectivity index (χ1) is 13.8. The predicted octanol–water partition coefficient (Wildman–Crippen LogP) is 2.69. The van der Waals surface area contributed by atoms with Crippen LogP contribution in [0, 0.1) is 0 Å². The van der Waals surface area contributed by atoms with Gasteiger partial charge in [0.1, 0.15) is 11.9 Å². The van der Waals surface area contributed by atoms with Crippen LogP contribution in [-0.4, -0.2) is 44.0 Å². The van der Waals surface area contributed by atoms with Crippen LogP contribution >= 0.6 is 11.8 Å². The number of fused-ring (bicyclic) bond motifs is 1. The molecular formula is C20H21N3O4S2. The minimum atomic E-state index is -3.68. The summed E-state index contributed by atoms with van der Waals surface area (Å²) < 4.78 is 27.0. The largest absolute Gasteiger partial charge is 0.324 e. The second kappa shape index (κ2) is 8.79. The number of sulfonamides is 1. The van der Waals surface area contributed by atoms with Gasteiger partial charge in [-0.3, -0.25) is 19.3 Å². The molecule has 1 aliphatic rings. The Bertz CT molecular complexity index is 1080. The zero-order valence-corrected chi connectivity index (χ0v) is 17.6. The van der Waals surface area contributed by atoms with Crippen LogP contribution in [0.4, 0.5) is 5.69 Å². The molecule has 29 heavy (non-hydrogen) atoms. The number of anilines is 1. The van der Waals surface area contributed by atoms with Gasteiger partial charge in [0.2, 0.25) is 5.91 Å². The molecule has 1 unspecified atom stereocenters. The highest BCUT2D eigenvalue weighted by Gasteiger charge is 2.31. The average Bonchev–Trinajstić information content (AvgIpc) is 2.95. The standard InChI is InChI=1S/C20H21N3O4S2/c1-13(24)14-6-5-7-15(12-14)21-20(25)17(10-11-28-2)22-19-16-8-3-4-9-18(16)29(26,27)23-19/h3-9,12,17H,10-11H2,1-2H3,(H,21,25)(H,22,23). The maximum absolute atomic E-state index is 12.9. The van der Waals surface area contributed by atoms with E-state index in [0.717, 1.165) is 0 Å². The van der Waals surface area contributed by atoms with Crippen molar-refractivity contribution in [2.24, 2.45) is 4.99 Å². The number of amides is 1. The van der Waals surface area contributed by atoms with E-state index in [1.165, 1.54) is 13.0 Å². The Balaban J connectivity index is 1.89. The number of amidine groups is 1. The maximum atomic E-state index is 12.9. The number of hydrogen-bond acceptors (Lipinski definition) is 6. The molecule has 0 spiro atoms. The molecule has 0 saturated heterocycles. The summed E-state index contributed by atoms with van der Waals surface area (Å²) in [6, 6.07) is 12.4. The summed E-state index contributed by atoms with van der Waals surface area (Å²) in [4.78, 5) is 29.0. The molecule has 0 fully saturated rings. The van der Waals surface area contributed by atoms with Crippen LogP contribution in [0.25, 0.3) is 0 Å². The summed E-state index contributed by atoms with van der Waals surface area (Å²) in [6.07, 6.45) is 2.36. The highest BCUT2D eigenvalue weighted by molar-refractivity contribution is 7.98. The van der Waals surface area contributed by atoms with Gasteiger partial charge >= 0.3 is 0 Å². The van der Waals surface area contributed by atoms with E-state index in [1.807, 2.05) is 6.26 Å². The zero-order valence-electron chi connectivity index (χ0n) is 16.0. The molecule has 1 aliphatic heterocycles. The molecule has 2 aromatic rings. The van der Waals surface area contributed by atoms with E-state index in [2.05, 4.69) is 15.0 Å². The number of ketones is 1. The lowest BCUT2D eigenvalue weighted by atomic mass is 10.1. The van der Waals surface area contributed by atoms with Crippen LogP contribution in [0.5, 0.6) is 0 Å². The van der Waals surface area contributed by atoms with Crippen LogP contribution in [0.3, 0.4) is 0 Å². The molecule has 0 aromatic heterocycles. The lowest BCUT2D eigenvalue weighted by Crippen LogP contribution is -2.31. The van der Waals surface area contributed by atoms with Gasteiger partial charge in [0, 0.05) is 16.8 Å². The molecule has 0 bridgehead atoms. The third kappa shape index (κ3) is 4.86. The van der Waals surface area contributed by atoms with Gasteiger partial charge in [0.05, 0.1) is 4.90 Å². The van der Waals surface area contributed by atoms with Crippen LogP contribution in [0.2, 0.25) is 0 Å². The van der Waals surface area contributed by atoms with Gasteiger partial charge in [-0.25, -0.2) is 8.42 Å². The molecule has 9 heteroatoms. The predicted molar refractivity (Wildman–Crippen MR) is 115 cm³/mol. The number of rotatable bonds is 7. The molecule has 2 N–H and O–H groups in total. The number of hydrogen-bond donors (Lipinski definition) is 2. The number of nitrogens with zero attached hydrogens (tertiary/aromatic N) is 1. The molecule has 1 amide bonds. The van der Waals surface area contributed by atoms with Gasteiger partial charge in [-0.2, -0.15) is 11.8 Å². The summed E-state index contributed by atoms with van der Waals surface area (Å²) in [7, 11) is -3.68. The molecule has 0 saturated carbocycles. The molecule has 0 aliphatic carbocycles. The number of thioether (sulfide) groups is 1. The molecule has 0 radical (unpaired) electrons. The number of aliphatic imine (C=N–C) groups is 1. The van der Waals surface area contributed by atoms with E-state index >= 15 is 0 Å². The van der Waals surface area contributed by atoms with Gasteiger partial charge in [-0.15, -0.1) is 0 Å². The van der Waals surface area contributed by atoms with E-state index in [-0.39, 0.29) is 22.4 Å². The topological polar surface area (TPSA) is 105 Å². The van der Waals surface area contributed by atoms with E-state index in [9.17, 15) is 18.0 Å². The normalized spacial score (nSPS) is 16.7. The average molecular weight is 432 g/mol. The number of nitrogens with one attached hydrogen (secondary N) is 2. The van der Waals surface area contributed by atoms with Crippen molar-refractivity contribution in [2.75, 3.05) is 17.3 Å². The number of carbonyl (C=O) groups excluding carboxylic acids is 2. The van der Waals surface area contributed by atoms with E-state index < -0.39 is 16.1 Å². The summed E-state index contributed by atoms with van der Waals surface area (Å²) in [5, 5.41) is 2.78. The van der Waals surface area contributed by atoms with Crippen LogP contribution in [0.1, 0.15) is 29.3 Å². The van der Waals surface area contributed by atoms with Crippen molar-refractivity contribution < 1.29 is 18.0 Å². The molecule has 3 rings (SSSR count). The van der Waals surface area contributed by atoms with Gasteiger partial charge < -0.3 is 5.32 Å². The Labute approximate surface area is 174 Å². The fraction of sp³-hybridized carbons (Fsp3) is 0.250. The fourth-order valence-corrected chi connectivity index (χ4v) is 4.61. The Morgan fingerprint density at radius 3 is 2.66 bits per heavy atom. The smallest absolute Gasteiger partial charge is 0.263 e.